The van der Waals surface area contributed by atoms with E-state index in [0.717, 1.165) is 25.7 Å². The number of fused-ring (bicyclic) bond motifs is 1. The van der Waals surface area contributed by atoms with Crippen molar-refractivity contribution in [3.8, 4) is 0 Å². The van der Waals surface area contributed by atoms with Gasteiger partial charge in [0.05, 0.1) is 32.3 Å². The van der Waals surface area contributed by atoms with E-state index >= 15 is 0 Å². The van der Waals surface area contributed by atoms with Crippen LogP contribution in [0.15, 0.2) is 30.3 Å². The summed E-state index contributed by atoms with van der Waals surface area (Å²) in [7, 11) is 0. The maximum Gasteiger partial charge on any atom is 0.254 e. The third-order valence-electron chi connectivity index (χ3n) is 6.31. The molecule has 32 heavy (non-hydrogen) atoms. The number of rotatable bonds is 4. The monoisotopic (exact) mass is 476 g/mol. The molecule has 1 aliphatic carbocycles. The van der Waals surface area contributed by atoms with Crippen LogP contribution in [0.5, 0.6) is 0 Å². The molecule has 3 N–H and O–H groups in total. The first-order chi connectivity index (χ1) is 15.1. The number of aromatic nitrogens is 2. The molecular formula is C24H27Cl2FN4O. The van der Waals surface area contributed by atoms with Crippen LogP contribution in [0.2, 0.25) is 10.0 Å². The van der Waals surface area contributed by atoms with Crippen molar-refractivity contribution in [2.24, 2.45) is 11.3 Å². The van der Waals surface area contributed by atoms with Gasteiger partial charge in [0.2, 0.25) is 5.95 Å². The predicted octanol–water partition coefficient (Wildman–Crippen LogP) is 7.09. The molecule has 1 heterocycles. The molecule has 1 amide bonds. The molecule has 0 spiro atoms. The maximum absolute atomic E-state index is 14.7. The number of amides is 1. The van der Waals surface area contributed by atoms with Gasteiger partial charge in [0, 0.05) is 12.1 Å². The highest BCUT2D eigenvalue weighted by Gasteiger charge is 2.30. The van der Waals surface area contributed by atoms with Crippen LogP contribution >= 0.6 is 23.2 Å². The van der Waals surface area contributed by atoms with Gasteiger partial charge >= 0.3 is 0 Å². The summed E-state index contributed by atoms with van der Waals surface area (Å²) in [4.78, 5) is 20.2. The summed E-state index contributed by atoms with van der Waals surface area (Å²) in [5.41, 5.74) is 1.70. The molecule has 3 aromatic rings. The molecule has 4 rings (SSSR count). The Morgan fingerprint density at radius 1 is 1.12 bits per heavy atom. The summed E-state index contributed by atoms with van der Waals surface area (Å²) in [6.45, 7) is 6.77. The highest BCUT2D eigenvalue weighted by atomic mass is 35.5. The summed E-state index contributed by atoms with van der Waals surface area (Å²) in [6, 6.07) is 7.97. The van der Waals surface area contributed by atoms with E-state index in [0.29, 0.717) is 38.6 Å². The van der Waals surface area contributed by atoms with Crippen LogP contribution in [0.1, 0.15) is 56.8 Å². The quantitative estimate of drug-likeness (QED) is 0.376. The first kappa shape index (κ1) is 22.9. The molecule has 0 unspecified atom stereocenters. The third-order valence-corrected chi connectivity index (χ3v) is 6.94. The number of hydrogen-bond acceptors (Lipinski definition) is 3. The highest BCUT2D eigenvalue weighted by Crippen LogP contribution is 2.38. The molecule has 1 fully saturated rings. The van der Waals surface area contributed by atoms with Gasteiger partial charge in [-0.2, -0.15) is 0 Å². The van der Waals surface area contributed by atoms with Crippen molar-refractivity contribution in [2.45, 2.75) is 52.5 Å². The highest BCUT2D eigenvalue weighted by molar-refractivity contribution is 6.39. The molecule has 0 aliphatic heterocycles. The van der Waals surface area contributed by atoms with E-state index in [2.05, 4.69) is 41.4 Å². The molecule has 1 saturated carbocycles. The van der Waals surface area contributed by atoms with Gasteiger partial charge in [-0.3, -0.25) is 4.79 Å². The zero-order valence-electron chi connectivity index (χ0n) is 18.4. The average Bonchev–Trinajstić information content (AvgIpc) is 3.11. The lowest BCUT2D eigenvalue weighted by Gasteiger charge is -2.37. The van der Waals surface area contributed by atoms with Crippen LogP contribution in [0, 0.1) is 17.2 Å². The van der Waals surface area contributed by atoms with E-state index < -0.39 is 11.7 Å². The number of nitrogens with one attached hydrogen (secondary N) is 3. The number of carbonyl (C=O) groups is 1. The van der Waals surface area contributed by atoms with Gasteiger partial charge in [-0.15, -0.1) is 0 Å². The number of imidazole rings is 1. The fourth-order valence-corrected chi connectivity index (χ4v) is 4.86. The van der Waals surface area contributed by atoms with Crippen molar-refractivity contribution in [1.29, 1.82) is 0 Å². The minimum atomic E-state index is -0.593. The molecule has 2 aromatic carbocycles. The second-order valence-corrected chi connectivity index (χ2v) is 10.4. The van der Waals surface area contributed by atoms with Gasteiger partial charge in [-0.1, -0.05) is 50.0 Å². The van der Waals surface area contributed by atoms with E-state index in [4.69, 9.17) is 23.2 Å². The maximum atomic E-state index is 14.7. The number of halogens is 3. The number of hydrogen-bond donors (Lipinski definition) is 3. The molecule has 1 aromatic heterocycles. The fraction of sp³-hybridized carbons (Fsp3) is 0.417. The zero-order chi connectivity index (χ0) is 23.0. The number of aromatic amines is 1. The Bertz CT molecular complexity index is 1130. The van der Waals surface area contributed by atoms with Crippen molar-refractivity contribution in [3.05, 3.63) is 51.8 Å². The molecule has 8 heteroatoms. The SMILES string of the molecule is CC(C)(C)[C@H]1CC[C@H](NC(=O)c2cc3nc(Nc4c(Cl)cccc4Cl)[nH]c3cc2F)CC1. The van der Waals surface area contributed by atoms with Crippen molar-refractivity contribution in [1.82, 2.24) is 15.3 Å². The van der Waals surface area contributed by atoms with Gasteiger partial charge in [0.1, 0.15) is 5.82 Å². The van der Waals surface area contributed by atoms with Gasteiger partial charge in [0.25, 0.3) is 5.91 Å². The average molecular weight is 477 g/mol. The van der Waals surface area contributed by atoms with Gasteiger partial charge in [0.15, 0.2) is 0 Å². The number of para-hydroxylation sites is 1. The van der Waals surface area contributed by atoms with Crippen LogP contribution in [0.4, 0.5) is 16.0 Å². The van der Waals surface area contributed by atoms with Crippen LogP contribution < -0.4 is 10.6 Å². The van der Waals surface area contributed by atoms with Crippen LogP contribution in [-0.4, -0.2) is 21.9 Å². The molecule has 5 nitrogen and oxygen atoms in total. The number of benzene rings is 2. The second kappa shape index (κ2) is 8.91. The van der Waals surface area contributed by atoms with E-state index in [1.54, 1.807) is 18.2 Å². The van der Waals surface area contributed by atoms with Crippen LogP contribution in [0.25, 0.3) is 11.0 Å². The Balaban J connectivity index is 1.49. The molecular weight excluding hydrogens is 450 g/mol. The molecule has 0 radical (unpaired) electrons. The van der Waals surface area contributed by atoms with Gasteiger partial charge < -0.3 is 15.6 Å². The lowest BCUT2D eigenvalue weighted by Crippen LogP contribution is -2.39. The minimum absolute atomic E-state index is 0.00993. The third kappa shape index (κ3) is 4.86. The molecule has 0 atom stereocenters. The Morgan fingerprint density at radius 2 is 1.78 bits per heavy atom. The lowest BCUT2D eigenvalue weighted by atomic mass is 9.71. The molecule has 0 bridgehead atoms. The Labute approximate surface area is 197 Å². The summed E-state index contributed by atoms with van der Waals surface area (Å²) in [6.07, 6.45) is 3.95. The Hall–Kier alpha value is -2.31. The van der Waals surface area contributed by atoms with Gasteiger partial charge in [-0.05, 0) is 55.2 Å². The van der Waals surface area contributed by atoms with E-state index in [1.807, 2.05) is 0 Å². The molecule has 170 valence electrons. The molecule has 0 saturated heterocycles. The summed E-state index contributed by atoms with van der Waals surface area (Å²) >= 11 is 12.4. The normalized spacial score (nSPS) is 19.2. The topological polar surface area (TPSA) is 69.8 Å². The smallest absolute Gasteiger partial charge is 0.254 e. The Morgan fingerprint density at radius 3 is 2.41 bits per heavy atom. The second-order valence-electron chi connectivity index (χ2n) is 9.54. The van der Waals surface area contributed by atoms with E-state index in [9.17, 15) is 9.18 Å². The van der Waals surface area contributed by atoms with Crippen molar-refractivity contribution >= 4 is 51.8 Å². The fourth-order valence-electron chi connectivity index (χ4n) is 4.37. The van der Waals surface area contributed by atoms with Crippen LogP contribution in [-0.2, 0) is 0 Å². The summed E-state index contributed by atoms with van der Waals surface area (Å²) < 4.78 is 14.7. The van der Waals surface area contributed by atoms with Crippen molar-refractivity contribution in [3.63, 3.8) is 0 Å². The summed E-state index contributed by atoms with van der Waals surface area (Å²) in [5, 5.41) is 6.90. The minimum Gasteiger partial charge on any atom is -0.349 e. The lowest BCUT2D eigenvalue weighted by molar-refractivity contribution is 0.0900. The van der Waals surface area contributed by atoms with E-state index in [1.165, 1.54) is 12.1 Å². The largest absolute Gasteiger partial charge is 0.349 e. The zero-order valence-corrected chi connectivity index (χ0v) is 19.9. The summed E-state index contributed by atoms with van der Waals surface area (Å²) in [5.74, 6) is -0.00239. The van der Waals surface area contributed by atoms with Crippen molar-refractivity contribution < 1.29 is 9.18 Å². The van der Waals surface area contributed by atoms with Gasteiger partial charge in [-0.25, -0.2) is 9.37 Å². The first-order valence-electron chi connectivity index (χ1n) is 10.8. The molecule has 1 aliphatic rings. The van der Waals surface area contributed by atoms with Crippen LogP contribution in [0.3, 0.4) is 0 Å². The number of anilines is 2. The standard InChI is InChI=1S/C24H27Cl2FN4O/c1-24(2,3)13-7-9-14(10-8-13)28-22(32)15-11-19-20(12-18(15)27)30-23(29-19)31-21-16(25)5-4-6-17(21)26/h4-6,11-14H,7-10H2,1-3H3,(H,28,32)(H2,29,30,31)/t13-,14-. The number of H-pyrrole nitrogens is 1. The first-order valence-corrected chi connectivity index (χ1v) is 11.6. The predicted molar refractivity (Wildman–Crippen MR) is 128 cm³/mol. The van der Waals surface area contributed by atoms with Crippen molar-refractivity contribution in [2.75, 3.05) is 5.32 Å². The number of carbonyl (C=O) groups excluding carboxylic acids is 1. The van der Waals surface area contributed by atoms with E-state index in [-0.39, 0.29) is 17.0 Å². The number of nitrogens with zero attached hydrogens (tertiary/aromatic N) is 1. The Kier molecular flexibility index (Phi) is 6.37.